The van der Waals surface area contributed by atoms with E-state index in [1.54, 1.807) is 0 Å². The number of hydrogen-bond donors (Lipinski definition) is 3. The fraction of sp³-hybridized carbons (Fsp3) is 0.289. The van der Waals surface area contributed by atoms with Gasteiger partial charge in [-0.15, -0.1) is 0 Å². The molecular weight excluding hydrogens is 540 g/mol. The minimum atomic E-state index is 0.833. The van der Waals surface area contributed by atoms with Crippen LogP contribution in [0.3, 0.4) is 0 Å². The molecule has 4 aromatic heterocycles. The Morgan fingerprint density at radius 3 is 2.59 bits per heavy atom. The number of H-pyrrole nitrogens is 2. The van der Waals surface area contributed by atoms with Crippen molar-refractivity contribution in [3.8, 4) is 22.5 Å². The highest BCUT2D eigenvalue weighted by Gasteiger charge is 2.22. The highest BCUT2D eigenvalue weighted by Crippen LogP contribution is 2.39. The Balaban J connectivity index is 1.30. The molecule has 0 spiro atoms. The van der Waals surface area contributed by atoms with E-state index >= 15 is 0 Å². The molecule has 5 aromatic rings. The predicted molar refractivity (Wildman–Crippen MR) is 182 cm³/mol. The lowest BCUT2D eigenvalue weighted by molar-refractivity contribution is 0.630. The van der Waals surface area contributed by atoms with Crippen molar-refractivity contribution in [3.05, 3.63) is 107 Å². The largest absolute Gasteiger partial charge is 0.359 e. The van der Waals surface area contributed by atoms with E-state index in [2.05, 4.69) is 90.2 Å². The van der Waals surface area contributed by atoms with Crippen LogP contribution < -0.4 is 5.32 Å². The van der Waals surface area contributed by atoms with Crippen molar-refractivity contribution in [2.24, 2.45) is 0 Å². The van der Waals surface area contributed by atoms with E-state index < -0.39 is 0 Å². The van der Waals surface area contributed by atoms with Crippen molar-refractivity contribution in [1.82, 2.24) is 30.5 Å². The Bertz CT molecular complexity index is 1990. The molecule has 0 amide bonds. The van der Waals surface area contributed by atoms with Gasteiger partial charge in [-0.1, -0.05) is 50.3 Å². The van der Waals surface area contributed by atoms with Crippen molar-refractivity contribution >= 4 is 27.5 Å². The highest BCUT2D eigenvalue weighted by molar-refractivity contribution is 6.03. The third-order valence-electron chi connectivity index (χ3n) is 9.39. The number of allylic oxidation sites excluding steroid dienone is 6. The molecule has 4 heterocycles. The number of aromatic nitrogens is 5. The summed E-state index contributed by atoms with van der Waals surface area (Å²) in [7, 11) is 0. The lowest BCUT2D eigenvalue weighted by Gasteiger charge is -2.23. The second-order valence-electron chi connectivity index (χ2n) is 11.9. The maximum absolute atomic E-state index is 5.18. The maximum Gasteiger partial charge on any atom is 0.135 e. The predicted octanol–water partition coefficient (Wildman–Crippen LogP) is 9.13. The molecule has 0 radical (unpaired) electrons. The Hall–Kier alpha value is -4.71. The van der Waals surface area contributed by atoms with Crippen LogP contribution in [0, 0.1) is 0 Å². The quantitative estimate of drug-likeness (QED) is 0.152. The fourth-order valence-electron chi connectivity index (χ4n) is 6.84. The lowest BCUT2D eigenvalue weighted by atomic mass is 9.89. The van der Waals surface area contributed by atoms with Crippen molar-refractivity contribution in [1.29, 1.82) is 0 Å². The van der Waals surface area contributed by atoms with Gasteiger partial charge in [0, 0.05) is 28.5 Å². The lowest BCUT2D eigenvalue weighted by Crippen LogP contribution is -2.16. The molecule has 0 aliphatic heterocycles. The van der Waals surface area contributed by atoms with Gasteiger partial charge >= 0.3 is 0 Å². The van der Waals surface area contributed by atoms with E-state index in [4.69, 9.17) is 10.1 Å². The number of nitrogens with one attached hydrogen (secondary N) is 3. The number of fused-ring (bicyclic) bond motifs is 3. The van der Waals surface area contributed by atoms with Gasteiger partial charge in [0.1, 0.15) is 11.2 Å². The number of pyridine rings is 2. The molecule has 6 nitrogen and oxygen atoms in total. The van der Waals surface area contributed by atoms with Gasteiger partial charge in [-0.05, 0) is 110 Å². The molecule has 2 aliphatic carbocycles. The van der Waals surface area contributed by atoms with Crippen LogP contribution >= 0.6 is 0 Å². The van der Waals surface area contributed by atoms with Crippen molar-refractivity contribution in [3.63, 3.8) is 0 Å². The molecule has 222 valence electrons. The molecule has 7 rings (SSSR count). The minimum Gasteiger partial charge on any atom is -0.359 e. The first kappa shape index (κ1) is 28.1. The van der Waals surface area contributed by atoms with Crippen LogP contribution in [0.4, 0.5) is 0 Å². The van der Waals surface area contributed by atoms with Crippen LogP contribution in [0.1, 0.15) is 75.3 Å². The van der Waals surface area contributed by atoms with Gasteiger partial charge in [0.15, 0.2) is 0 Å². The van der Waals surface area contributed by atoms with Crippen LogP contribution in [0.2, 0.25) is 0 Å². The average Bonchev–Trinajstić information content (AvgIpc) is 3.77. The second kappa shape index (κ2) is 11.8. The minimum absolute atomic E-state index is 0.833. The summed E-state index contributed by atoms with van der Waals surface area (Å²) in [6.45, 7) is 10.6. The average molecular weight is 581 g/mol. The maximum atomic E-state index is 5.18. The number of nitrogens with zero attached hydrogens (tertiary/aromatic N) is 3. The van der Waals surface area contributed by atoms with E-state index in [1.165, 1.54) is 76.6 Å². The first-order chi connectivity index (χ1) is 21.6. The number of rotatable bonds is 9. The topological polar surface area (TPSA) is 82.3 Å². The van der Waals surface area contributed by atoms with Crippen LogP contribution in [0.15, 0.2) is 84.5 Å². The van der Waals surface area contributed by atoms with E-state index in [9.17, 15) is 0 Å². The SMILES string of the molecule is C=C/C(=C\C(=C/C)c1ccc2[nH]nc(-c3[nH]c4cncc(-c5ccc6c(c5)CCC6)c4c3CC)c2n1)NC(CC)=C1CCC1. The molecule has 0 bridgehead atoms. The van der Waals surface area contributed by atoms with Crippen molar-refractivity contribution in [2.45, 2.75) is 72.1 Å². The van der Waals surface area contributed by atoms with E-state index in [-0.39, 0.29) is 0 Å². The van der Waals surface area contributed by atoms with Crippen molar-refractivity contribution < 1.29 is 0 Å². The fourth-order valence-corrected chi connectivity index (χ4v) is 6.84. The van der Waals surface area contributed by atoms with Crippen LogP contribution in [0.5, 0.6) is 0 Å². The smallest absolute Gasteiger partial charge is 0.135 e. The molecule has 1 aromatic carbocycles. The molecule has 44 heavy (non-hydrogen) atoms. The Labute approximate surface area is 259 Å². The monoisotopic (exact) mass is 580 g/mol. The molecule has 1 saturated carbocycles. The van der Waals surface area contributed by atoms with Gasteiger partial charge in [0.25, 0.3) is 0 Å². The van der Waals surface area contributed by atoms with Gasteiger partial charge < -0.3 is 10.3 Å². The number of benzene rings is 1. The van der Waals surface area contributed by atoms with E-state index in [0.29, 0.717) is 0 Å². The first-order valence-corrected chi connectivity index (χ1v) is 16.1. The first-order valence-electron chi connectivity index (χ1n) is 16.1. The van der Waals surface area contributed by atoms with Crippen LogP contribution in [-0.2, 0) is 19.3 Å². The van der Waals surface area contributed by atoms with Crippen LogP contribution in [-0.4, -0.2) is 25.1 Å². The summed E-state index contributed by atoms with van der Waals surface area (Å²) < 4.78 is 0. The summed E-state index contributed by atoms with van der Waals surface area (Å²) in [5.41, 5.74) is 17.0. The molecule has 0 atom stereocenters. The van der Waals surface area contributed by atoms with E-state index in [1.807, 2.05) is 18.5 Å². The van der Waals surface area contributed by atoms with Gasteiger partial charge in [-0.25, -0.2) is 4.98 Å². The summed E-state index contributed by atoms with van der Waals surface area (Å²) in [6, 6.07) is 11.1. The number of aryl methyl sites for hydroxylation is 3. The molecule has 2 aliphatic rings. The van der Waals surface area contributed by atoms with Crippen LogP contribution in [0.25, 0.3) is 50.0 Å². The normalized spacial score (nSPS) is 15.1. The number of aromatic amines is 2. The van der Waals surface area contributed by atoms with Crippen molar-refractivity contribution in [2.75, 3.05) is 0 Å². The zero-order valence-corrected chi connectivity index (χ0v) is 26.0. The summed E-state index contributed by atoms with van der Waals surface area (Å²) in [5, 5.41) is 12.9. The third-order valence-corrected chi connectivity index (χ3v) is 9.39. The third kappa shape index (κ3) is 4.88. The van der Waals surface area contributed by atoms with Gasteiger partial charge in [0.05, 0.1) is 28.6 Å². The standard InChI is InChI=1S/C38H40N6/c1-5-23(20-28(6-2)40-31(8-4)25-12-10-13-25)32-17-18-33-37(41-32)38(44-43-33)36-29(7-3)35-30(21-39-22-34(35)42-36)27-16-15-24-11-9-14-26(24)19-27/h5-6,15-22,40,42H,2,7-14H2,1,3-4H3,(H,43,44)/b23-5+,28-20+. The van der Waals surface area contributed by atoms with E-state index in [0.717, 1.165) is 64.2 Å². The van der Waals surface area contributed by atoms with Gasteiger partial charge in [-0.3, -0.25) is 10.1 Å². The molecule has 6 heteroatoms. The molecule has 0 unspecified atom stereocenters. The molecule has 3 N–H and O–H groups in total. The molecular formula is C38H40N6. The Morgan fingerprint density at radius 1 is 1.00 bits per heavy atom. The summed E-state index contributed by atoms with van der Waals surface area (Å²) in [4.78, 5) is 13.5. The summed E-state index contributed by atoms with van der Waals surface area (Å²) in [5.74, 6) is 0. The highest BCUT2D eigenvalue weighted by atomic mass is 15.1. The van der Waals surface area contributed by atoms with Gasteiger partial charge in [-0.2, -0.15) is 5.10 Å². The number of hydrogen-bond acceptors (Lipinski definition) is 4. The van der Waals surface area contributed by atoms with Gasteiger partial charge in [0.2, 0.25) is 0 Å². The zero-order chi connectivity index (χ0) is 30.2. The Morgan fingerprint density at radius 2 is 1.84 bits per heavy atom. The summed E-state index contributed by atoms with van der Waals surface area (Å²) >= 11 is 0. The molecule has 1 fully saturated rings. The Kier molecular flexibility index (Phi) is 7.51. The zero-order valence-electron chi connectivity index (χ0n) is 26.0. The summed E-state index contributed by atoms with van der Waals surface area (Å²) in [6.07, 6.45) is 19.2. The second-order valence-corrected chi connectivity index (χ2v) is 11.9. The molecule has 0 saturated heterocycles.